The fourth-order valence-electron chi connectivity index (χ4n) is 2.88. The number of nitrogens with one attached hydrogen (secondary N) is 1. The summed E-state index contributed by atoms with van der Waals surface area (Å²) in [6, 6.07) is 28.2. The molecule has 0 atom stereocenters. The zero-order valence-electron chi connectivity index (χ0n) is 15.1. The van der Waals surface area contributed by atoms with E-state index < -0.39 is 0 Å². The first-order valence-corrected chi connectivity index (χ1v) is 9.05. The van der Waals surface area contributed by atoms with Crippen molar-refractivity contribution in [2.75, 3.05) is 11.9 Å². The van der Waals surface area contributed by atoms with E-state index in [0.717, 1.165) is 28.9 Å². The van der Waals surface area contributed by atoms with Crippen molar-refractivity contribution in [1.29, 1.82) is 0 Å². The van der Waals surface area contributed by atoms with Crippen LogP contribution >= 0.6 is 0 Å². The van der Waals surface area contributed by atoms with Crippen LogP contribution in [0.25, 0.3) is 34.2 Å². The molecule has 4 aromatic rings. The summed E-state index contributed by atoms with van der Waals surface area (Å²) in [5.74, 6) is 2.02. The molecule has 0 saturated carbocycles. The molecule has 0 spiro atoms. The van der Waals surface area contributed by atoms with Crippen molar-refractivity contribution in [2.24, 2.45) is 0 Å². The molecule has 0 aliphatic rings. The summed E-state index contributed by atoms with van der Waals surface area (Å²) in [7, 11) is 0. The maximum Gasteiger partial charge on any atom is 0.164 e. The maximum absolute atomic E-state index is 4.73. The van der Waals surface area contributed by atoms with Crippen molar-refractivity contribution < 1.29 is 0 Å². The van der Waals surface area contributed by atoms with E-state index in [9.17, 15) is 0 Å². The van der Waals surface area contributed by atoms with E-state index in [1.807, 2.05) is 84.9 Å². The molecule has 4 heteroatoms. The third-order valence-corrected chi connectivity index (χ3v) is 4.22. The summed E-state index contributed by atoms with van der Waals surface area (Å²) in [6.07, 6.45) is 0. The van der Waals surface area contributed by atoms with Crippen molar-refractivity contribution in [1.82, 2.24) is 15.0 Å². The van der Waals surface area contributed by atoms with E-state index in [-0.39, 0.29) is 0 Å². The number of rotatable bonds is 5. The van der Waals surface area contributed by atoms with Crippen LogP contribution in [0.2, 0.25) is 0 Å². The molecule has 132 valence electrons. The monoisotopic (exact) mass is 352 g/mol. The molecule has 1 N–H and O–H groups in total. The average molecular weight is 352 g/mol. The highest BCUT2D eigenvalue weighted by molar-refractivity contribution is 5.67. The van der Waals surface area contributed by atoms with Gasteiger partial charge in [-0.15, -0.1) is 0 Å². The van der Waals surface area contributed by atoms with E-state index in [0.29, 0.717) is 17.5 Å². The van der Waals surface area contributed by atoms with E-state index in [2.05, 4.69) is 12.2 Å². The Morgan fingerprint density at radius 3 is 1.37 bits per heavy atom. The number of aromatic nitrogens is 3. The molecule has 0 saturated heterocycles. The molecule has 1 heterocycles. The Labute approximate surface area is 159 Å². The van der Waals surface area contributed by atoms with Crippen LogP contribution in [0.1, 0.15) is 6.92 Å². The van der Waals surface area contributed by atoms with Crippen LogP contribution in [0.3, 0.4) is 0 Å². The fraction of sp³-hybridized carbons (Fsp3) is 0.0870. The predicted molar refractivity (Wildman–Crippen MR) is 110 cm³/mol. The number of hydrogen-bond acceptors (Lipinski definition) is 4. The first-order chi connectivity index (χ1) is 13.3. The van der Waals surface area contributed by atoms with Gasteiger partial charge in [0, 0.05) is 28.9 Å². The predicted octanol–water partition coefficient (Wildman–Crippen LogP) is 5.30. The molecular formula is C23H20N4. The number of hydrogen-bond donors (Lipinski definition) is 1. The highest BCUT2D eigenvalue weighted by Gasteiger charge is 2.11. The van der Waals surface area contributed by atoms with Crippen LogP contribution in [-0.4, -0.2) is 21.5 Å². The van der Waals surface area contributed by atoms with Gasteiger partial charge in [-0.2, -0.15) is 0 Å². The van der Waals surface area contributed by atoms with E-state index in [1.165, 1.54) is 0 Å². The molecular weight excluding hydrogens is 332 g/mol. The molecule has 0 amide bonds. The van der Waals surface area contributed by atoms with Crippen LogP contribution in [0.4, 0.5) is 5.69 Å². The van der Waals surface area contributed by atoms with Crippen molar-refractivity contribution in [3.63, 3.8) is 0 Å². The second-order valence-corrected chi connectivity index (χ2v) is 6.15. The van der Waals surface area contributed by atoms with Crippen LogP contribution < -0.4 is 5.32 Å². The van der Waals surface area contributed by atoms with Crippen LogP contribution in [0.15, 0.2) is 84.9 Å². The highest BCUT2D eigenvalue weighted by atomic mass is 15.0. The Kier molecular flexibility index (Phi) is 4.88. The summed E-state index contributed by atoms with van der Waals surface area (Å²) in [4.78, 5) is 14.2. The maximum atomic E-state index is 4.73. The van der Waals surface area contributed by atoms with E-state index in [4.69, 9.17) is 15.0 Å². The number of nitrogens with zero attached hydrogens (tertiary/aromatic N) is 3. The van der Waals surface area contributed by atoms with Gasteiger partial charge >= 0.3 is 0 Å². The minimum Gasteiger partial charge on any atom is -0.385 e. The molecule has 0 radical (unpaired) electrons. The number of anilines is 1. The van der Waals surface area contributed by atoms with Gasteiger partial charge in [0.05, 0.1) is 0 Å². The molecule has 0 aliphatic carbocycles. The standard InChI is InChI=1S/C23H20N4/c1-2-24-20-15-13-19(14-16-20)23-26-21(17-9-5-3-6-10-17)25-22(27-23)18-11-7-4-8-12-18/h3-16,24H,2H2,1H3. The Bertz CT molecular complexity index is 955. The van der Waals surface area contributed by atoms with Crippen molar-refractivity contribution >= 4 is 5.69 Å². The molecule has 27 heavy (non-hydrogen) atoms. The van der Waals surface area contributed by atoms with Gasteiger partial charge in [0.2, 0.25) is 0 Å². The molecule has 0 aliphatic heterocycles. The summed E-state index contributed by atoms with van der Waals surface area (Å²) in [6.45, 7) is 2.97. The smallest absolute Gasteiger partial charge is 0.164 e. The second kappa shape index (κ2) is 7.79. The van der Waals surface area contributed by atoms with Gasteiger partial charge in [-0.05, 0) is 31.2 Å². The molecule has 4 nitrogen and oxygen atoms in total. The lowest BCUT2D eigenvalue weighted by molar-refractivity contribution is 1.07. The topological polar surface area (TPSA) is 50.7 Å². The third-order valence-electron chi connectivity index (χ3n) is 4.22. The lowest BCUT2D eigenvalue weighted by Crippen LogP contribution is -2.00. The van der Waals surface area contributed by atoms with Gasteiger partial charge in [0.25, 0.3) is 0 Å². The molecule has 1 aromatic heterocycles. The molecule has 0 fully saturated rings. The lowest BCUT2D eigenvalue weighted by atomic mass is 10.1. The van der Waals surface area contributed by atoms with Gasteiger partial charge in [-0.3, -0.25) is 0 Å². The Hall–Kier alpha value is -3.53. The zero-order valence-corrected chi connectivity index (χ0v) is 15.1. The van der Waals surface area contributed by atoms with Crippen molar-refractivity contribution in [2.45, 2.75) is 6.92 Å². The zero-order chi connectivity index (χ0) is 18.5. The van der Waals surface area contributed by atoms with E-state index in [1.54, 1.807) is 0 Å². The van der Waals surface area contributed by atoms with Gasteiger partial charge in [-0.1, -0.05) is 60.7 Å². The second-order valence-electron chi connectivity index (χ2n) is 6.15. The summed E-state index contributed by atoms with van der Waals surface area (Å²) < 4.78 is 0. The first kappa shape index (κ1) is 16.9. The lowest BCUT2D eigenvalue weighted by Gasteiger charge is -2.09. The number of benzene rings is 3. The summed E-state index contributed by atoms with van der Waals surface area (Å²) >= 11 is 0. The molecule has 0 bridgehead atoms. The molecule has 0 unspecified atom stereocenters. The average Bonchev–Trinajstić information content (AvgIpc) is 2.75. The first-order valence-electron chi connectivity index (χ1n) is 9.05. The third kappa shape index (κ3) is 3.85. The van der Waals surface area contributed by atoms with Gasteiger partial charge in [-0.25, -0.2) is 15.0 Å². The van der Waals surface area contributed by atoms with Gasteiger partial charge in [0.15, 0.2) is 17.5 Å². The van der Waals surface area contributed by atoms with Crippen LogP contribution in [0, 0.1) is 0 Å². The minimum absolute atomic E-state index is 0.672. The largest absolute Gasteiger partial charge is 0.385 e. The minimum atomic E-state index is 0.672. The Morgan fingerprint density at radius 2 is 0.963 bits per heavy atom. The molecule has 3 aromatic carbocycles. The van der Waals surface area contributed by atoms with Gasteiger partial charge in [0.1, 0.15) is 0 Å². The highest BCUT2D eigenvalue weighted by Crippen LogP contribution is 2.25. The normalized spacial score (nSPS) is 10.6. The van der Waals surface area contributed by atoms with Crippen LogP contribution in [0.5, 0.6) is 0 Å². The quantitative estimate of drug-likeness (QED) is 0.529. The fourth-order valence-corrected chi connectivity index (χ4v) is 2.88. The van der Waals surface area contributed by atoms with Crippen molar-refractivity contribution in [3.05, 3.63) is 84.9 Å². The summed E-state index contributed by atoms with van der Waals surface area (Å²) in [5, 5.41) is 3.31. The van der Waals surface area contributed by atoms with Crippen molar-refractivity contribution in [3.8, 4) is 34.2 Å². The van der Waals surface area contributed by atoms with Gasteiger partial charge < -0.3 is 5.32 Å². The van der Waals surface area contributed by atoms with Crippen LogP contribution in [-0.2, 0) is 0 Å². The molecule has 4 rings (SSSR count). The Morgan fingerprint density at radius 1 is 0.556 bits per heavy atom. The SMILES string of the molecule is CCNc1ccc(-c2nc(-c3ccccc3)nc(-c3ccccc3)n2)cc1. The summed E-state index contributed by atoms with van der Waals surface area (Å²) in [5.41, 5.74) is 4.00. The Balaban J connectivity index is 1.83. The van der Waals surface area contributed by atoms with E-state index >= 15 is 0 Å².